The van der Waals surface area contributed by atoms with Gasteiger partial charge in [0.05, 0.1) is 10.0 Å². The molecule has 0 heterocycles. The van der Waals surface area contributed by atoms with Gasteiger partial charge in [0.15, 0.2) is 0 Å². The summed E-state index contributed by atoms with van der Waals surface area (Å²) < 4.78 is 5.45. The number of ether oxygens (including phenoxy) is 1. The summed E-state index contributed by atoms with van der Waals surface area (Å²) in [6.07, 6.45) is 0.557. The number of rotatable bonds is 8. The lowest BCUT2D eigenvalue weighted by molar-refractivity contribution is 0.106. The monoisotopic (exact) mass is 305 g/mol. The number of aliphatic hydroxyl groups is 1. The fraction of sp³-hybridized carbons (Fsp3) is 0.571. The zero-order valence-corrected chi connectivity index (χ0v) is 12.8. The van der Waals surface area contributed by atoms with Gasteiger partial charge in [-0.1, -0.05) is 37.0 Å². The maximum Gasteiger partial charge on any atom is 0.121 e. The molecular weight excluding hydrogens is 285 g/mol. The highest BCUT2D eigenvalue weighted by molar-refractivity contribution is 6.42. The molecule has 1 unspecified atom stereocenters. The highest BCUT2D eigenvalue weighted by Gasteiger charge is 2.06. The van der Waals surface area contributed by atoms with E-state index in [4.69, 9.17) is 27.9 Å². The van der Waals surface area contributed by atoms with Gasteiger partial charge >= 0.3 is 0 Å². The first-order valence-electron chi connectivity index (χ1n) is 6.45. The summed E-state index contributed by atoms with van der Waals surface area (Å²) >= 11 is 11.7. The highest BCUT2D eigenvalue weighted by Crippen LogP contribution is 2.26. The van der Waals surface area contributed by atoms with Crippen LogP contribution in [0.5, 0.6) is 5.75 Å². The van der Waals surface area contributed by atoms with Gasteiger partial charge in [0, 0.05) is 12.6 Å². The minimum absolute atomic E-state index is 0.229. The molecule has 0 amide bonds. The summed E-state index contributed by atoms with van der Waals surface area (Å²) in [7, 11) is 0. The van der Waals surface area contributed by atoms with Crippen molar-refractivity contribution in [1.82, 2.24) is 5.32 Å². The lowest BCUT2D eigenvalue weighted by Gasteiger charge is -2.14. The number of halogens is 2. The van der Waals surface area contributed by atoms with Gasteiger partial charge in [-0.2, -0.15) is 0 Å². The van der Waals surface area contributed by atoms with Crippen molar-refractivity contribution >= 4 is 23.2 Å². The van der Waals surface area contributed by atoms with E-state index in [9.17, 15) is 5.11 Å². The molecule has 0 aliphatic heterocycles. The topological polar surface area (TPSA) is 41.5 Å². The third-order valence-corrected chi connectivity index (χ3v) is 3.35. The normalized spacial score (nSPS) is 12.7. The van der Waals surface area contributed by atoms with Gasteiger partial charge in [-0.05, 0) is 31.0 Å². The van der Waals surface area contributed by atoms with E-state index in [1.807, 2.05) is 0 Å². The van der Waals surface area contributed by atoms with E-state index in [-0.39, 0.29) is 6.61 Å². The SMILES string of the molecule is CC(C)CCNCC(O)COc1ccc(Cl)c(Cl)c1. The molecular formula is C14H21Cl2NO2. The van der Waals surface area contributed by atoms with Gasteiger partial charge in [-0.3, -0.25) is 0 Å². The summed E-state index contributed by atoms with van der Waals surface area (Å²) in [6.45, 7) is 6.00. The fourth-order valence-corrected chi connectivity index (χ4v) is 1.77. The van der Waals surface area contributed by atoms with Crippen LogP contribution in [0.25, 0.3) is 0 Å². The first-order chi connectivity index (χ1) is 8.99. The average molecular weight is 306 g/mol. The summed E-state index contributed by atoms with van der Waals surface area (Å²) in [5, 5.41) is 13.9. The van der Waals surface area contributed by atoms with Gasteiger partial charge in [0.2, 0.25) is 0 Å². The molecule has 0 spiro atoms. The van der Waals surface area contributed by atoms with Crippen molar-refractivity contribution in [2.45, 2.75) is 26.4 Å². The molecule has 0 saturated heterocycles. The van der Waals surface area contributed by atoms with E-state index in [0.29, 0.717) is 28.3 Å². The highest BCUT2D eigenvalue weighted by atomic mass is 35.5. The van der Waals surface area contributed by atoms with E-state index in [1.54, 1.807) is 18.2 Å². The third-order valence-electron chi connectivity index (χ3n) is 2.61. The summed E-state index contributed by atoms with van der Waals surface area (Å²) in [4.78, 5) is 0. The van der Waals surface area contributed by atoms with Crippen LogP contribution in [0.3, 0.4) is 0 Å². The van der Waals surface area contributed by atoms with Gasteiger partial charge in [0.25, 0.3) is 0 Å². The second-order valence-electron chi connectivity index (χ2n) is 4.93. The number of hydrogen-bond acceptors (Lipinski definition) is 3. The third kappa shape index (κ3) is 7.02. The van der Waals surface area contributed by atoms with Gasteiger partial charge in [-0.25, -0.2) is 0 Å². The summed E-state index contributed by atoms with van der Waals surface area (Å²) in [5.41, 5.74) is 0. The lowest BCUT2D eigenvalue weighted by atomic mass is 10.1. The molecule has 2 N–H and O–H groups in total. The van der Waals surface area contributed by atoms with E-state index in [2.05, 4.69) is 19.2 Å². The van der Waals surface area contributed by atoms with Crippen LogP contribution in [0.15, 0.2) is 18.2 Å². The van der Waals surface area contributed by atoms with E-state index < -0.39 is 6.10 Å². The first-order valence-corrected chi connectivity index (χ1v) is 7.21. The van der Waals surface area contributed by atoms with Crippen molar-refractivity contribution < 1.29 is 9.84 Å². The minimum Gasteiger partial charge on any atom is -0.491 e. The Hall–Kier alpha value is -0.480. The summed E-state index contributed by atoms with van der Waals surface area (Å²) in [6, 6.07) is 5.04. The van der Waals surface area contributed by atoms with E-state index in [0.717, 1.165) is 13.0 Å². The van der Waals surface area contributed by atoms with Gasteiger partial charge in [0.1, 0.15) is 18.5 Å². The zero-order valence-electron chi connectivity index (χ0n) is 11.3. The molecule has 0 bridgehead atoms. The molecule has 0 aromatic heterocycles. The Balaban J connectivity index is 2.22. The zero-order chi connectivity index (χ0) is 14.3. The van der Waals surface area contributed by atoms with Crippen molar-refractivity contribution in [3.63, 3.8) is 0 Å². The lowest BCUT2D eigenvalue weighted by Crippen LogP contribution is -2.32. The van der Waals surface area contributed by atoms with Crippen molar-refractivity contribution in [2.24, 2.45) is 5.92 Å². The van der Waals surface area contributed by atoms with Crippen molar-refractivity contribution in [3.8, 4) is 5.75 Å². The minimum atomic E-state index is -0.540. The Morgan fingerprint density at radius 1 is 1.26 bits per heavy atom. The van der Waals surface area contributed by atoms with Crippen LogP contribution in [0.4, 0.5) is 0 Å². The van der Waals surface area contributed by atoms with Crippen molar-refractivity contribution in [1.29, 1.82) is 0 Å². The molecule has 1 rings (SSSR count). The number of benzene rings is 1. The average Bonchev–Trinajstić information content (AvgIpc) is 2.36. The predicted molar refractivity (Wildman–Crippen MR) is 80.3 cm³/mol. The van der Waals surface area contributed by atoms with Crippen LogP contribution >= 0.6 is 23.2 Å². The van der Waals surface area contributed by atoms with Gasteiger partial charge < -0.3 is 15.2 Å². The smallest absolute Gasteiger partial charge is 0.121 e. The van der Waals surface area contributed by atoms with Crippen LogP contribution in [-0.2, 0) is 0 Å². The molecule has 3 nitrogen and oxygen atoms in total. The molecule has 0 aliphatic carbocycles. The molecule has 0 aliphatic rings. The molecule has 108 valence electrons. The predicted octanol–water partition coefficient (Wildman–Crippen LogP) is 3.37. The van der Waals surface area contributed by atoms with E-state index >= 15 is 0 Å². The maximum atomic E-state index is 9.75. The molecule has 1 aromatic carbocycles. The molecule has 0 saturated carbocycles. The van der Waals surface area contributed by atoms with Crippen molar-refractivity contribution in [3.05, 3.63) is 28.2 Å². The number of hydrogen-bond donors (Lipinski definition) is 2. The Morgan fingerprint density at radius 3 is 2.63 bits per heavy atom. The molecule has 1 aromatic rings. The Bertz CT molecular complexity index is 386. The standard InChI is InChI=1S/C14H21Cl2NO2/c1-10(2)5-6-17-8-11(18)9-19-12-3-4-13(15)14(16)7-12/h3-4,7,10-11,17-18H,5-6,8-9H2,1-2H3. The number of aliphatic hydroxyl groups excluding tert-OH is 1. The van der Waals surface area contributed by atoms with Crippen LogP contribution in [0.2, 0.25) is 10.0 Å². The largest absolute Gasteiger partial charge is 0.491 e. The Labute approximate surface area is 124 Å². The fourth-order valence-electron chi connectivity index (χ4n) is 1.48. The molecule has 1 atom stereocenters. The first kappa shape index (κ1) is 16.6. The van der Waals surface area contributed by atoms with Crippen molar-refractivity contribution in [2.75, 3.05) is 19.7 Å². The van der Waals surface area contributed by atoms with Crippen LogP contribution < -0.4 is 10.1 Å². The molecule has 5 heteroatoms. The van der Waals surface area contributed by atoms with E-state index in [1.165, 1.54) is 0 Å². The van der Waals surface area contributed by atoms with Crippen LogP contribution in [-0.4, -0.2) is 30.9 Å². The Kier molecular flexibility index (Phi) is 7.54. The number of nitrogens with one attached hydrogen (secondary N) is 1. The summed E-state index contributed by atoms with van der Waals surface area (Å²) in [5.74, 6) is 1.27. The second-order valence-corrected chi connectivity index (χ2v) is 5.74. The quantitative estimate of drug-likeness (QED) is 0.724. The molecule has 0 radical (unpaired) electrons. The Morgan fingerprint density at radius 2 is 2.00 bits per heavy atom. The van der Waals surface area contributed by atoms with Crippen LogP contribution in [0, 0.1) is 5.92 Å². The molecule has 0 fully saturated rings. The van der Waals surface area contributed by atoms with Gasteiger partial charge in [-0.15, -0.1) is 0 Å². The maximum absolute atomic E-state index is 9.75. The molecule has 19 heavy (non-hydrogen) atoms. The van der Waals surface area contributed by atoms with Crippen LogP contribution in [0.1, 0.15) is 20.3 Å². The second kappa shape index (κ2) is 8.64.